The average molecular weight is 373 g/mol. The largest absolute Gasteiger partial charge is 0.393 e. The Morgan fingerprint density at radius 1 is 1.26 bits per heavy atom. The van der Waals surface area contributed by atoms with E-state index in [0.717, 1.165) is 69.5 Å². The second-order valence-electron chi connectivity index (χ2n) is 7.41. The molecule has 4 rings (SSSR count). The zero-order chi connectivity index (χ0) is 18.6. The number of imidazole rings is 1. The molecule has 0 unspecified atom stereocenters. The summed E-state index contributed by atoms with van der Waals surface area (Å²) in [6, 6.07) is 0.277. The SMILES string of the molecule is O=C1CCCN1CCCNc1nc(NC2CCC(O)CC2)nc2nc[nH]c12. The van der Waals surface area contributed by atoms with Gasteiger partial charge in [-0.3, -0.25) is 4.79 Å². The fraction of sp³-hybridized carbons (Fsp3) is 0.667. The first kappa shape index (κ1) is 18.0. The van der Waals surface area contributed by atoms with Crippen LogP contribution in [0.3, 0.4) is 0 Å². The van der Waals surface area contributed by atoms with Crippen molar-refractivity contribution in [1.82, 2.24) is 24.8 Å². The van der Waals surface area contributed by atoms with Gasteiger partial charge < -0.3 is 25.6 Å². The first-order valence-corrected chi connectivity index (χ1v) is 9.86. The molecule has 1 aliphatic heterocycles. The van der Waals surface area contributed by atoms with Crippen molar-refractivity contribution in [2.24, 2.45) is 0 Å². The van der Waals surface area contributed by atoms with Crippen LogP contribution >= 0.6 is 0 Å². The third kappa shape index (κ3) is 4.29. The van der Waals surface area contributed by atoms with E-state index in [1.807, 2.05) is 4.90 Å². The zero-order valence-electron chi connectivity index (χ0n) is 15.4. The number of aliphatic hydroxyl groups is 1. The van der Waals surface area contributed by atoms with Crippen LogP contribution in [0.4, 0.5) is 11.8 Å². The van der Waals surface area contributed by atoms with Gasteiger partial charge in [-0.25, -0.2) is 4.98 Å². The average Bonchev–Trinajstić information content (AvgIpc) is 3.29. The van der Waals surface area contributed by atoms with E-state index >= 15 is 0 Å². The molecule has 2 aromatic heterocycles. The van der Waals surface area contributed by atoms with E-state index in [-0.39, 0.29) is 18.1 Å². The van der Waals surface area contributed by atoms with Gasteiger partial charge in [0.25, 0.3) is 0 Å². The number of H-pyrrole nitrogens is 1. The summed E-state index contributed by atoms with van der Waals surface area (Å²) in [5.41, 5.74) is 1.41. The number of aromatic amines is 1. The van der Waals surface area contributed by atoms with Gasteiger partial charge in [-0.05, 0) is 38.5 Å². The zero-order valence-corrected chi connectivity index (χ0v) is 15.4. The number of carbonyl (C=O) groups excluding carboxylic acids is 1. The maximum absolute atomic E-state index is 11.7. The molecule has 0 spiro atoms. The van der Waals surface area contributed by atoms with Crippen molar-refractivity contribution in [2.75, 3.05) is 30.3 Å². The summed E-state index contributed by atoms with van der Waals surface area (Å²) >= 11 is 0. The van der Waals surface area contributed by atoms with E-state index in [4.69, 9.17) is 0 Å². The van der Waals surface area contributed by atoms with Crippen molar-refractivity contribution in [2.45, 2.75) is 57.1 Å². The van der Waals surface area contributed by atoms with E-state index < -0.39 is 0 Å². The van der Waals surface area contributed by atoms with Crippen molar-refractivity contribution in [3.8, 4) is 0 Å². The third-order valence-electron chi connectivity index (χ3n) is 5.38. The number of nitrogens with zero attached hydrogens (tertiary/aromatic N) is 4. The van der Waals surface area contributed by atoms with E-state index in [2.05, 4.69) is 30.6 Å². The summed E-state index contributed by atoms with van der Waals surface area (Å²) < 4.78 is 0. The van der Waals surface area contributed by atoms with E-state index in [1.165, 1.54) is 0 Å². The standard InChI is InChI=1S/C18H27N7O2/c26-13-6-4-12(5-7-13)22-18-23-16(15-17(24-18)21-11-20-15)19-8-2-10-25-9-1-3-14(25)27/h11-13,26H,1-10H2,(H3,19,20,21,22,23,24). The molecule has 1 saturated carbocycles. The molecular weight excluding hydrogens is 346 g/mol. The number of anilines is 2. The number of carbonyl (C=O) groups is 1. The monoisotopic (exact) mass is 373 g/mol. The fourth-order valence-electron chi connectivity index (χ4n) is 3.85. The smallest absolute Gasteiger partial charge is 0.227 e. The number of rotatable bonds is 7. The van der Waals surface area contributed by atoms with Gasteiger partial charge in [-0.2, -0.15) is 9.97 Å². The van der Waals surface area contributed by atoms with Crippen molar-refractivity contribution < 1.29 is 9.90 Å². The summed E-state index contributed by atoms with van der Waals surface area (Å²) in [6.45, 7) is 2.38. The lowest BCUT2D eigenvalue weighted by Gasteiger charge is -2.26. The molecule has 4 N–H and O–H groups in total. The Kier molecular flexibility index (Phi) is 5.38. The Morgan fingerprint density at radius 2 is 2.11 bits per heavy atom. The minimum absolute atomic E-state index is 0.183. The summed E-state index contributed by atoms with van der Waals surface area (Å²) in [5.74, 6) is 1.55. The molecule has 3 heterocycles. The van der Waals surface area contributed by atoms with Crippen LogP contribution < -0.4 is 10.6 Å². The molecule has 1 aliphatic carbocycles. The quantitative estimate of drug-likeness (QED) is 0.543. The molecule has 2 aliphatic rings. The van der Waals surface area contributed by atoms with Gasteiger partial charge in [0.1, 0.15) is 5.52 Å². The fourth-order valence-corrected chi connectivity index (χ4v) is 3.85. The predicted octanol–water partition coefficient (Wildman–Crippen LogP) is 1.49. The molecule has 1 saturated heterocycles. The number of aromatic nitrogens is 4. The van der Waals surface area contributed by atoms with Gasteiger partial charge in [0.05, 0.1) is 12.4 Å². The van der Waals surface area contributed by atoms with Crippen LogP contribution in [0.2, 0.25) is 0 Å². The lowest BCUT2D eigenvalue weighted by Crippen LogP contribution is -2.29. The normalized spacial score (nSPS) is 23.1. The molecule has 0 bridgehead atoms. The van der Waals surface area contributed by atoms with Crippen LogP contribution in [0.15, 0.2) is 6.33 Å². The Labute approximate surface area is 158 Å². The number of hydrogen-bond acceptors (Lipinski definition) is 7. The number of amides is 1. The van der Waals surface area contributed by atoms with E-state index in [0.29, 0.717) is 18.0 Å². The lowest BCUT2D eigenvalue weighted by molar-refractivity contribution is -0.127. The minimum Gasteiger partial charge on any atom is -0.393 e. The second-order valence-corrected chi connectivity index (χ2v) is 7.41. The maximum atomic E-state index is 11.7. The van der Waals surface area contributed by atoms with Crippen molar-refractivity contribution >= 4 is 28.8 Å². The molecule has 27 heavy (non-hydrogen) atoms. The van der Waals surface area contributed by atoms with Gasteiger partial charge in [-0.1, -0.05) is 0 Å². The van der Waals surface area contributed by atoms with Crippen molar-refractivity contribution in [3.63, 3.8) is 0 Å². The molecule has 0 atom stereocenters. The molecule has 1 amide bonds. The van der Waals surface area contributed by atoms with Gasteiger partial charge >= 0.3 is 0 Å². The van der Waals surface area contributed by atoms with Crippen molar-refractivity contribution in [1.29, 1.82) is 0 Å². The Morgan fingerprint density at radius 3 is 2.89 bits per heavy atom. The van der Waals surface area contributed by atoms with E-state index in [1.54, 1.807) is 6.33 Å². The molecule has 2 fully saturated rings. The molecule has 9 nitrogen and oxygen atoms in total. The molecule has 0 radical (unpaired) electrons. The maximum Gasteiger partial charge on any atom is 0.227 e. The van der Waals surface area contributed by atoms with Crippen LogP contribution in [0, 0.1) is 0 Å². The van der Waals surface area contributed by atoms with Gasteiger partial charge in [0.15, 0.2) is 11.5 Å². The highest BCUT2D eigenvalue weighted by Crippen LogP contribution is 2.23. The number of hydrogen-bond donors (Lipinski definition) is 4. The predicted molar refractivity (Wildman–Crippen MR) is 102 cm³/mol. The van der Waals surface area contributed by atoms with Crippen LogP contribution in [0.5, 0.6) is 0 Å². The van der Waals surface area contributed by atoms with E-state index in [9.17, 15) is 9.90 Å². The summed E-state index contributed by atoms with van der Waals surface area (Å²) in [5, 5.41) is 16.4. The van der Waals surface area contributed by atoms with Crippen LogP contribution in [0.25, 0.3) is 11.2 Å². The number of fused-ring (bicyclic) bond motifs is 1. The Hall–Kier alpha value is -2.42. The molecule has 2 aromatic rings. The summed E-state index contributed by atoms with van der Waals surface area (Å²) in [7, 11) is 0. The van der Waals surface area contributed by atoms with Gasteiger partial charge in [-0.15, -0.1) is 0 Å². The molecule has 9 heteroatoms. The lowest BCUT2D eigenvalue weighted by atomic mass is 9.93. The van der Waals surface area contributed by atoms with Crippen molar-refractivity contribution in [3.05, 3.63) is 6.33 Å². The highest BCUT2D eigenvalue weighted by molar-refractivity contribution is 5.83. The molecule has 0 aromatic carbocycles. The number of nitrogens with one attached hydrogen (secondary N) is 3. The third-order valence-corrected chi connectivity index (χ3v) is 5.38. The number of aliphatic hydroxyl groups excluding tert-OH is 1. The first-order chi connectivity index (χ1) is 13.2. The Bertz CT molecular complexity index is 785. The summed E-state index contributed by atoms with van der Waals surface area (Å²) in [4.78, 5) is 30.1. The Balaban J connectivity index is 1.37. The highest BCUT2D eigenvalue weighted by atomic mass is 16.3. The van der Waals surface area contributed by atoms with Gasteiger partial charge in [0.2, 0.25) is 11.9 Å². The molecular formula is C18H27N7O2. The van der Waals surface area contributed by atoms with Crippen LogP contribution in [0.1, 0.15) is 44.9 Å². The topological polar surface area (TPSA) is 119 Å². The number of likely N-dealkylation sites (tertiary alicyclic amines) is 1. The molecule has 146 valence electrons. The van der Waals surface area contributed by atoms with Crippen LogP contribution in [-0.2, 0) is 4.79 Å². The minimum atomic E-state index is -0.183. The van der Waals surface area contributed by atoms with Gasteiger partial charge in [0, 0.05) is 32.1 Å². The second kappa shape index (κ2) is 8.08. The first-order valence-electron chi connectivity index (χ1n) is 9.86. The summed E-state index contributed by atoms with van der Waals surface area (Å²) in [6.07, 6.45) is 7.40. The van der Waals surface area contributed by atoms with Crippen LogP contribution in [-0.4, -0.2) is 67.6 Å². The highest BCUT2D eigenvalue weighted by Gasteiger charge is 2.21.